The van der Waals surface area contributed by atoms with Crippen LogP contribution in [0.1, 0.15) is 43.1 Å². The molecule has 0 saturated carbocycles. The van der Waals surface area contributed by atoms with Gasteiger partial charge >= 0.3 is 0 Å². The predicted molar refractivity (Wildman–Crippen MR) is 94.1 cm³/mol. The Morgan fingerprint density at radius 1 is 1.38 bits per heavy atom. The molecule has 126 valence electrons. The van der Waals surface area contributed by atoms with Crippen LogP contribution in [-0.4, -0.2) is 24.0 Å². The Hall–Kier alpha value is -2.43. The molecule has 5 heteroatoms. The summed E-state index contributed by atoms with van der Waals surface area (Å²) in [4.78, 5) is 18.1. The fourth-order valence-electron chi connectivity index (χ4n) is 3.20. The predicted octanol–water partition coefficient (Wildman–Crippen LogP) is 3.98. The van der Waals surface area contributed by atoms with E-state index in [1.54, 1.807) is 6.07 Å². The maximum Gasteiger partial charge on any atom is 0.260 e. The average Bonchev–Trinajstić information content (AvgIpc) is 2.55. The van der Waals surface area contributed by atoms with Crippen LogP contribution in [0.4, 0.5) is 15.8 Å². The smallest absolute Gasteiger partial charge is 0.260 e. The minimum absolute atomic E-state index is 0.0529. The van der Waals surface area contributed by atoms with E-state index in [4.69, 9.17) is 0 Å². The highest BCUT2D eigenvalue weighted by molar-refractivity contribution is 6.04. The van der Waals surface area contributed by atoms with Gasteiger partial charge in [0, 0.05) is 30.7 Å². The van der Waals surface area contributed by atoms with Crippen LogP contribution in [0.3, 0.4) is 0 Å². The Bertz CT molecular complexity index is 773. The molecule has 0 spiro atoms. The zero-order valence-electron chi connectivity index (χ0n) is 14.3. The van der Waals surface area contributed by atoms with E-state index in [1.807, 2.05) is 12.1 Å². The van der Waals surface area contributed by atoms with E-state index in [0.29, 0.717) is 5.69 Å². The quantitative estimate of drug-likeness (QED) is 0.867. The van der Waals surface area contributed by atoms with E-state index < -0.39 is 11.9 Å². The molecular formula is C19H22FN3O. The summed E-state index contributed by atoms with van der Waals surface area (Å²) in [6.45, 7) is 8.51. The van der Waals surface area contributed by atoms with Gasteiger partial charge in [0.05, 0.1) is 5.56 Å². The normalized spacial score (nSPS) is 15.8. The van der Waals surface area contributed by atoms with E-state index in [1.165, 1.54) is 17.8 Å². The SMILES string of the molecule is CCN1CCC(C)(C)c2ccc(NC(=O)c3cccnc3F)cc21. The molecule has 0 radical (unpaired) electrons. The number of aromatic nitrogens is 1. The summed E-state index contributed by atoms with van der Waals surface area (Å²) in [5.41, 5.74) is 3.14. The molecule has 0 unspecified atom stereocenters. The number of amides is 1. The lowest BCUT2D eigenvalue weighted by Gasteiger charge is -2.40. The molecule has 0 saturated heterocycles. The fourth-order valence-corrected chi connectivity index (χ4v) is 3.20. The zero-order chi connectivity index (χ0) is 17.3. The number of carbonyl (C=O) groups is 1. The van der Waals surface area contributed by atoms with Crippen LogP contribution in [0, 0.1) is 5.95 Å². The largest absolute Gasteiger partial charge is 0.371 e. The summed E-state index contributed by atoms with van der Waals surface area (Å²) in [7, 11) is 0. The molecule has 1 aliphatic rings. The van der Waals surface area contributed by atoms with Crippen LogP contribution in [0.15, 0.2) is 36.5 Å². The number of benzene rings is 1. The Kier molecular flexibility index (Phi) is 4.26. The average molecular weight is 327 g/mol. The van der Waals surface area contributed by atoms with Gasteiger partial charge in [-0.2, -0.15) is 4.39 Å². The van der Waals surface area contributed by atoms with E-state index in [-0.39, 0.29) is 11.0 Å². The first-order valence-corrected chi connectivity index (χ1v) is 8.24. The van der Waals surface area contributed by atoms with Gasteiger partial charge in [-0.3, -0.25) is 4.79 Å². The second kappa shape index (κ2) is 6.23. The summed E-state index contributed by atoms with van der Waals surface area (Å²) in [5.74, 6) is -1.25. The van der Waals surface area contributed by atoms with Crippen molar-refractivity contribution in [1.29, 1.82) is 0 Å². The summed E-state index contributed by atoms with van der Waals surface area (Å²) in [6, 6.07) is 8.90. The monoisotopic (exact) mass is 327 g/mol. The van der Waals surface area contributed by atoms with Crippen molar-refractivity contribution in [3.63, 3.8) is 0 Å². The van der Waals surface area contributed by atoms with Crippen molar-refractivity contribution in [2.24, 2.45) is 0 Å². The van der Waals surface area contributed by atoms with Crippen molar-refractivity contribution >= 4 is 17.3 Å². The number of nitrogens with zero attached hydrogens (tertiary/aromatic N) is 2. The second-order valence-electron chi connectivity index (χ2n) is 6.74. The third-order valence-electron chi connectivity index (χ3n) is 4.72. The molecule has 24 heavy (non-hydrogen) atoms. The summed E-state index contributed by atoms with van der Waals surface area (Å²) >= 11 is 0. The van der Waals surface area contributed by atoms with Gasteiger partial charge in [-0.25, -0.2) is 4.98 Å². The first-order valence-electron chi connectivity index (χ1n) is 8.24. The molecule has 1 aromatic heterocycles. The van der Waals surface area contributed by atoms with Crippen molar-refractivity contribution in [3.8, 4) is 0 Å². The number of halogens is 1. The number of nitrogens with one attached hydrogen (secondary N) is 1. The van der Waals surface area contributed by atoms with Gasteiger partial charge in [-0.1, -0.05) is 19.9 Å². The zero-order valence-corrected chi connectivity index (χ0v) is 14.3. The van der Waals surface area contributed by atoms with Gasteiger partial charge in [0.25, 0.3) is 5.91 Å². The highest BCUT2D eigenvalue weighted by atomic mass is 19.1. The molecule has 0 atom stereocenters. The topological polar surface area (TPSA) is 45.2 Å². The molecule has 2 aromatic rings. The van der Waals surface area contributed by atoms with Crippen LogP contribution in [0.25, 0.3) is 0 Å². The lowest BCUT2D eigenvalue weighted by molar-refractivity contribution is 0.102. The van der Waals surface area contributed by atoms with Crippen LogP contribution < -0.4 is 10.2 Å². The van der Waals surface area contributed by atoms with Gasteiger partial charge < -0.3 is 10.2 Å². The highest BCUT2D eigenvalue weighted by Crippen LogP contribution is 2.40. The molecular weight excluding hydrogens is 305 g/mol. The van der Waals surface area contributed by atoms with E-state index in [2.05, 4.69) is 42.0 Å². The first kappa shape index (κ1) is 16.4. The number of carbonyl (C=O) groups excluding carboxylic acids is 1. The van der Waals surface area contributed by atoms with Crippen LogP contribution in [0.5, 0.6) is 0 Å². The number of fused-ring (bicyclic) bond motifs is 1. The minimum atomic E-state index is -0.760. The molecule has 4 nitrogen and oxygen atoms in total. The van der Waals surface area contributed by atoms with Crippen molar-refractivity contribution in [1.82, 2.24) is 4.98 Å². The standard InChI is InChI=1S/C19H22FN3O/c1-4-23-11-9-19(2,3)15-8-7-13(12-16(15)23)22-18(24)14-6-5-10-21-17(14)20/h5-8,10,12H,4,9,11H2,1-3H3,(H,22,24). The van der Waals surface area contributed by atoms with Crippen molar-refractivity contribution in [2.45, 2.75) is 32.6 Å². The Balaban J connectivity index is 1.91. The number of anilines is 2. The van der Waals surface area contributed by atoms with Crippen LogP contribution in [0.2, 0.25) is 0 Å². The van der Waals surface area contributed by atoms with E-state index >= 15 is 0 Å². The number of pyridine rings is 1. The minimum Gasteiger partial charge on any atom is -0.371 e. The van der Waals surface area contributed by atoms with Gasteiger partial charge in [0.15, 0.2) is 0 Å². The number of rotatable bonds is 3. The fraction of sp³-hybridized carbons (Fsp3) is 0.368. The molecule has 1 N–H and O–H groups in total. The van der Waals surface area contributed by atoms with Gasteiger partial charge in [0.1, 0.15) is 0 Å². The molecule has 3 rings (SSSR count). The summed E-state index contributed by atoms with van der Waals surface area (Å²) in [5, 5.41) is 2.78. The van der Waals surface area contributed by atoms with Crippen molar-refractivity contribution < 1.29 is 9.18 Å². The summed E-state index contributed by atoms with van der Waals surface area (Å²) < 4.78 is 13.7. The Morgan fingerprint density at radius 3 is 2.88 bits per heavy atom. The number of hydrogen-bond donors (Lipinski definition) is 1. The molecule has 1 aliphatic heterocycles. The molecule has 0 aliphatic carbocycles. The van der Waals surface area contributed by atoms with E-state index in [0.717, 1.165) is 25.2 Å². The van der Waals surface area contributed by atoms with Gasteiger partial charge in [-0.05, 0) is 48.6 Å². The van der Waals surface area contributed by atoms with Crippen LogP contribution in [-0.2, 0) is 5.41 Å². The van der Waals surface area contributed by atoms with Gasteiger partial charge in [0.2, 0.25) is 5.95 Å². The Labute approximate surface area is 141 Å². The third-order valence-corrected chi connectivity index (χ3v) is 4.72. The van der Waals surface area contributed by atoms with Crippen LogP contribution >= 0.6 is 0 Å². The molecule has 2 heterocycles. The molecule has 0 fully saturated rings. The first-order chi connectivity index (χ1) is 11.4. The molecule has 1 aromatic carbocycles. The molecule has 0 bridgehead atoms. The maximum absolute atomic E-state index is 13.7. The third kappa shape index (κ3) is 2.98. The van der Waals surface area contributed by atoms with E-state index in [9.17, 15) is 9.18 Å². The lowest BCUT2D eigenvalue weighted by Crippen LogP contribution is -2.37. The maximum atomic E-state index is 13.7. The Morgan fingerprint density at radius 2 is 2.17 bits per heavy atom. The summed E-state index contributed by atoms with van der Waals surface area (Å²) in [6.07, 6.45) is 2.42. The lowest BCUT2D eigenvalue weighted by atomic mass is 9.77. The van der Waals surface area contributed by atoms with Gasteiger partial charge in [-0.15, -0.1) is 0 Å². The molecule has 1 amide bonds. The second-order valence-corrected chi connectivity index (χ2v) is 6.74. The van der Waals surface area contributed by atoms with Crippen molar-refractivity contribution in [3.05, 3.63) is 53.6 Å². The number of hydrogen-bond acceptors (Lipinski definition) is 3. The highest BCUT2D eigenvalue weighted by Gasteiger charge is 2.30. The van der Waals surface area contributed by atoms with Crippen molar-refractivity contribution in [2.75, 3.05) is 23.3 Å².